The number of halogens is 1. The third-order valence-electron chi connectivity index (χ3n) is 2.47. The summed E-state index contributed by atoms with van der Waals surface area (Å²) in [5, 5.41) is 2.82. The summed E-state index contributed by atoms with van der Waals surface area (Å²) in [7, 11) is 1.53. The molecular formula is C12H16ClN3O3. The number of benzene rings is 1. The van der Waals surface area contributed by atoms with E-state index in [0.29, 0.717) is 18.7 Å². The molecule has 0 aliphatic carbocycles. The van der Waals surface area contributed by atoms with Gasteiger partial charge in [-0.05, 0) is 24.6 Å². The monoisotopic (exact) mass is 285 g/mol. The van der Waals surface area contributed by atoms with Crippen molar-refractivity contribution in [3.05, 3.63) is 28.8 Å². The van der Waals surface area contributed by atoms with Gasteiger partial charge in [-0.25, -0.2) is 0 Å². The summed E-state index contributed by atoms with van der Waals surface area (Å²) < 4.78 is 4.84. The minimum atomic E-state index is -0.687. The SMILES string of the molecule is COCCC(N)C(=O)Nc1ccc(Cl)c(C(N)=O)c1. The van der Waals surface area contributed by atoms with Crippen LogP contribution in [-0.4, -0.2) is 31.6 Å². The van der Waals surface area contributed by atoms with E-state index in [1.54, 1.807) is 6.07 Å². The van der Waals surface area contributed by atoms with Gasteiger partial charge in [0.15, 0.2) is 0 Å². The minimum Gasteiger partial charge on any atom is -0.385 e. The molecule has 1 aromatic rings. The summed E-state index contributed by atoms with van der Waals surface area (Å²) in [6.07, 6.45) is 0.401. The predicted molar refractivity (Wildman–Crippen MR) is 73.1 cm³/mol. The molecule has 19 heavy (non-hydrogen) atoms. The summed E-state index contributed by atoms with van der Waals surface area (Å²) >= 11 is 5.80. The molecule has 6 nitrogen and oxygen atoms in total. The van der Waals surface area contributed by atoms with Crippen LogP contribution in [0.15, 0.2) is 18.2 Å². The Morgan fingerprint density at radius 3 is 2.74 bits per heavy atom. The number of carbonyl (C=O) groups is 2. The lowest BCUT2D eigenvalue weighted by molar-refractivity contribution is -0.117. The van der Waals surface area contributed by atoms with Gasteiger partial charge in [-0.1, -0.05) is 11.6 Å². The van der Waals surface area contributed by atoms with Gasteiger partial charge in [-0.15, -0.1) is 0 Å². The Morgan fingerprint density at radius 1 is 1.47 bits per heavy atom. The standard InChI is InChI=1S/C12H16ClN3O3/c1-19-5-4-10(14)12(18)16-7-2-3-9(13)8(6-7)11(15)17/h2-3,6,10H,4-5,14H2,1H3,(H2,15,17)(H,16,18). The highest BCUT2D eigenvalue weighted by molar-refractivity contribution is 6.34. The molecule has 0 saturated carbocycles. The number of nitrogens with one attached hydrogen (secondary N) is 1. The molecule has 0 fully saturated rings. The number of amides is 2. The largest absolute Gasteiger partial charge is 0.385 e. The molecule has 1 atom stereocenters. The lowest BCUT2D eigenvalue weighted by Crippen LogP contribution is -2.36. The quantitative estimate of drug-likeness (QED) is 0.716. The molecule has 0 radical (unpaired) electrons. The van der Waals surface area contributed by atoms with Crippen LogP contribution in [0.5, 0.6) is 0 Å². The fourth-order valence-electron chi connectivity index (χ4n) is 1.40. The second kappa shape index (κ2) is 7.08. The zero-order valence-electron chi connectivity index (χ0n) is 10.5. The van der Waals surface area contributed by atoms with Crippen LogP contribution in [0.1, 0.15) is 16.8 Å². The molecule has 0 spiro atoms. The van der Waals surface area contributed by atoms with Gasteiger partial charge in [0.2, 0.25) is 11.8 Å². The lowest BCUT2D eigenvalue weighted by Gasteiger charge is -2.12. The first kappa shape index (κ1) is 15.4. The van der Waals surface area contributed by atoms with E-state index >= 15 is 0 Å². The maximum atomic E-state index is 11.7. The summed E-state index contributed by atoms with van der Waals surface area (Å²) in [5.41, 5.74) is 11.4. The summed E-state index contributed by atoms with van der Waals surface area (Å²) in [4.78, 5) is 22.9. The Bertz CT molecular complexity index is 479. The third-order valence-corrected chi connectivity index (χ3v) is 2.80. The number of methoxy groups -OCH3 is 1. The van der Waals surface area contributed by atoms with Crippen LogP contribution in [0, 0.1) is 0 Å². The van der Waals surface area contributed by atoms with Gasteiger partial charge in [-0.3, -0.25) is 9.59 Å². The topological polar surface area (TPSA) is 107 Å². The molecule has 104 valence electrons. The molecule has 0 saturated heterocycles. The predicted octanol–water partition coefficient (Wildman–Crippen LogP) is 0.741. The van der Waals surface area contributed by atoms with Crippen molar-refractivity contribution >= 4 is 29.1 Å². The highest BCUT2D eigenvalue weighted by Gasteiger charge is 2.14. The number of rotatable bonds is 6. The third kappa shape index (κ3) is 4.51. The van der Waals surface area contributed by atoms with E-state index in [-0.39, 0.29) is 16.5 Å². The van der Waals surface area contributed by atoms with Gasteiger partial charge in [0.1, 0.15) is 0 Å². The molecule has 0 aliphatic rings. The Hall–Kier alpha value is -1.63. The molecule has 1 unspecified atom stereocenters. The number of primary amides is 1. The van der Waals surface area contributed by atoms with E-state index in [0.717, 1.165) is 0 Å². The molecular weight excluding hydrogens is 270 g/mol. The van der Waals surface area contributed by atoms with Crippen LogP contribution in [0.2, 0.25) is 5.02 Å². The highest BCUT2D eigenvalue weighted by Crippen LogP contribution is 2.20. The number of anilines is 1. The van der Waals surface area contributed by atoms with E-state index in [1.165, 1.54) is 19.2 Å². The smallest absolute Gasteiger partial charge is 0.250 e. The van der Waals surface area contributed by atoms with E-state index in [4.69, 9.17) is 27.8 Å². The average Bonchev–Trinajstić information content (AvgIpc) is 2.37. The molecule has 0 aromatic heterocycles. The Labute approximate surface area is 116 Å². The van der Waals surface area contributed by atoms with Crippen molar-refractivity contribution < 1.29 is 14.3 Å². The van der Waals surface area contributed by atoms with Crippen LogP contribution in [0.25, 0.3) is 0 Å². The first-order valence-corrected chi connectivity index (χ1v) is 5.98. The molecule has 1 rings (SSSR count). The van der Waals surface area contributed by atoms with Crippen molar-refractivity contribution in [3.63, 3.8) is 0 Å². The maximum Gasteiger partial charge on any atom is 0.250 e. The maximum absolute atomic E-state index is 11.7. The zero-order chi connectivity index (χ0) is 14.4. The van der Waals surface area contributed by atoms with E-state index in [2.05, 4.69) is 5.32 Å². The Morgan fingerprint density at radius 2 is 2.16 bits per heavy atom. The van der Waals surface area contributed by atoms with Crippen LogP contribution < -0.4 is 16.8 Å². The van der Waals surface area contributed by atoms with Crippen LogP contribution in [0.3, 0.4) is 0 Å². The number of hydrogen-bond acceptors (Lipinski definition) is 4. The molecule has 2 amide bonds. The van der Waals surface area contributed by atoms with Crippen molar-refractivity contribution in [1.29, 1.82) is 0 Å². The minimum absolute atomic E-state index is 0.143. The van der Waals surface area contributed by atoms with Crippen LogP contribution in [0.4, 0.5) is 5.69 Å². The fraction of sp³-hybridized carbons (Fsp3) is 0.333. The summed E-state index contributed by atoms with van der Waals surface area (Å²) in [6.45, 7) is 0.391. The van der Waals surface area contributed by atoms with Crippen LogP contribution >= 0.6 is 11.6 Å². The van der Waals surface area contributed by atoms with Crippen molar-refractivity contribution in [2.24, 2.45) is 11.5 Å². The van der Waals surface area contributed by atoms with Gasteiger partial charge in [0.05, 0.1) is 16.6 Å². The van der Waals surface area contributed by atoms with Crippen molar-refractivity contribution in [2.75, 3.05) is 19.0 Å². The summed E-state index contributed by atoms with van der Waals surface area (Å²) in [6, 6.07) is 3.77. The molecule has 0 heterocycles. The van der Waals surface area contributed by atoms with Gasteiger partial charge >= 0.3 is 0 Å². The van der Waals surface area contributed by atoms with Gasteiger partial charge in [-0.2, -0.15) is 0 Å². The lowest BCUT2D eigenvalue weighted by atomic mass is 10.1. The second-order valence-corrected chi connectivity index (χ2v) is 4.34. The fourth-order valence-corrected chi connectivity index (χ4v) is 1.61. The van der Waals surface area contributed by atoms with Crippen molar-refractivity contribution in [3.8, 4) is 0 Å². The second-order valence-electron chi connectivity index (χ2n) is 3.94. The first-order chi connectivity index (χ1) is 8.95. The number of nitrogens with two attached hydrogens (primary N) is 2. The van der Waals surface area contributed by atoms with E-state index in [1.807, 2.05) is 0 Å². The van der Waals surface area contributed by atoms with Gasteiger partial charge < -0.3 is 21.5 Å². The number of ether oxygens (including phenoxy) is 1. The van der Waals surface area contributed by atoms with Gasteiger partial charge in [0, 0.05) is 19.4 Å². The Balaban J connectivity index is 2.74. The van der Waals surface area contributed by atoms with Crippen LogP contribution in [-0.2, 0) is 9.53 Å². The van der Waals surface area contributed by atoms with E-state index < -0.39 is 11.9 Å². The molecule has 0 aliphatic heterocycles. The first-order valence-electron chi connectivity index (χ1n) is 5.60. The molecule has 7 heteroatoms. The Kier molecular flexibility index (Phi) is 5.75. The van der Waals surface area contributed by atoms with Crippen molar-refractivity contribution in [1.82, 2.24) is 0 Å². The normalized spacial score (nSPS) is 11.9. The molecule has 0 bridgehead atoms. The highest BCUT2D eigenvalue weighted by atomic mass is 35.5. The molecule has 5 N–H and O–H groups in total. The zero-order valence-corrected chi connectivity index (χ0v) is 11.2. The van der Waals surface area contributed by atoms with Gasteiger partial charge in [0.25, 0.3) is 0 Å². The number of hydrogen-bond donors (Lipinski definition) is 3. The molecule has 1 aromatic carbocycles. The number of carbonyl (C=O) groups excluding carboxylic acids is 2. The summed E-state index contributed by atoms with van der Waals surface area (Å²) in [5.74, 6) is -1.03. The van der Waals surface area contributed by atoms with Crippen molar-refractivity contribution in [2.45, 2.75) is 12.5 Å². The van der Waals surface area contributed by atoms with E-state index in [9.17, 15) is 9.59 Å². The average molecular weight is 286 g/mol.